The Labute approximate surface area is 189 Å². The maximum atomic E-state index is 12.9. The first-order chi connectivity index (χ1) is 15.4. The summed E-state index contributed by atoms with van der Waals surface area (Å²) in [7, 11) is 4.02. The minimum Gasteiger partial charge on any atom is -0.378 e. The number of likely N-dealkylation sites (tertiary alicyclic amines) is 1. The molecule has 1 atom stereocenters. The summed E-state index contributed by atoms with van der Waals surface area (Å²) in [6.45, 7) is 3.91. The number of benzene rings is 2. The van der Waals surface area contributed by atoms with Gasteiger partial charge in [-0.25, -0.2) is 0 Å². The number of H-pyrrole nitrogens is 1. The predicted octanol–water partition coefficient (Wildman–Crippen LogP) is 4.04. The SMILES string of the molecule is C[C@H](C(=O)NCc1ccc(N(C)C)cc1)C1CCN(C(=O)c2cc3ccccc3[nH]2)CC1. The van der Waals surface area contributed by atoms with E-state index in [0.717, 1.165) is 35.0 Å². The number of piperidine rings is 1. The van der Waals surface area contributed by atoms with Crippen molar-refractivity contribution in [2.45, 2.75) is 26.3 Å². The van der Waals surface area contributed by atoms with Crippen LogP contribution in [0.5, 0.6) is 0 Å². The van der Waals surface area contributed by atoms with Crippen LogP contribution in [-0.4, -0.2) is 48.9 Å². The normalized spacial score (nSPS) is 15.5. The van der Waals surface area contributed by atoms with Crippen molar-refractivity contribution in [2.24, 2.45) is 11.8 Å². The van der Waals surface area contributed by atoms with Crippen LogP contribution in [0.15, 0.2) is 54.6 Å². The van der Waals surface area contributed by atoms with Crippen LogP contribution in [0.3, 0.4) is 0 Å². The van der Waals surface area contributed by atoms with E-state index in [4.69, 9.17) is 0 Å². The first kappa shape index (κ1) is 21.9. The van der Waals surface area contributed by atoms with Gasteiger partial charge in [-0.05, 0) is 48.6 Å². The molecule has 0 unspecified atom stereocenters. The van der Waals surface area contributed by atoms with Crippen LogP contribution in [0.4, 0.5) is 5.69 Å². The smallest absolute Gasteiger partial charge is 0.270 e. The molecule has 1 saturated heterocycles. The molecule has 0 radical (unpaired) electrons. The molecule has 0 spiro atoms. The van der Waals surface area contributed by atoms with Crippen molar-refractivity contribution >= 4 is 28.4 Å². The van der Waals surface area contributed by atoms with Crippen LogP contribution in [0, 0.1) is 11.8 Å². The summed E-state index contributed by atoms with van der Waals surface area (Å²) in [5.74, 6) is 0.347. The van der Waals surface area contributed by atoms with Crippen molar-refractivity contribution in [3.63, 3.8) is 0 Å². The van der Waals surface area contributed by atoms with Gasteiger partial charge in [-0.2, -0.15) is 0 Å². The lowest BCUT2D eigenvalue weighted by Crippen LogP contribution is -2.42. The summed E-state index contributed by atoms with van der Waals surface area (Å²) in [4.78, 5) is 32.8. The van der Waals surface area contributed by atoms with Gasteiger partial charge in [0.15, 0.2) is 0 Å². The molecule has 168 valence electrons. The average Bonchev–Trinajstić information content (AvgIpc) is 3.26. The van der Waals surface area contributed by atoms with Crippen molar-refractivity contribution in [3.8, 4) is 0 Å². The molecule has 0 bridgehead atoms. The molecular weight excluding hydrogens is 400 g/mol. The van der Waals surface area contributed by atoms with E-state index in [9.17, 15) is 9.59 Å². The van der Waals surface area contributed by atoms with Crippen LogP contribution >= 0.6 is 0 Å². The number of carbonyl (C=O) groups is 2. The van der Waals surface area contributed by atoms with E-state index in [1.165, 1.54) is 0 Å². The molecule has 3 aromatic rings. The highest BCUT2D eigenvalue weighted by Gasteiger charge is 2.30. The highest BCUT2D eigenvalue weighted by molar-refractivity contribution is 5.98. The van der Waals surface area contributed by atoms with E-state index in [-0.39, 0.29) is 23.7 Å². The number of amides is 2. The van der Waals surface area contributed by atoms with Crippen LogP contribution in [0.25, 0.3) is 10.9 Å². The zero-order chi connectivity index (χ0) is 22.7. The molecule has 4 rings (SSSR count). The molecule has 0 saturated carbocycles. The number of nitrogens with zero attached hydrogens (tertiary/aromatic N) is 2. The number of para-hydroxylation sites is 1. The second-order valence-corrected chi connectivity index (χ2v) is 8.97. The van der Waals surface area contributed by atoms with Crippen molar-refractivity contribution < 1.29 is 9.59 Å². The number of anilines is 1. The molecule has 0 aliphatic carbocycles. The largest absolute Gasteiger partial charge is 0.378 e. The van der Waals surface area contributed by atoms with E-state index < -0.39 is 0 Å². The Bertz CT molecular complexity index is 1050. The fourth-order valence-corrected chi connectivity index (χ4v) is 4.44. The maximum absolute atomic E-state index is 12.9. The van der Waals surface area contributed by atoms with Crippen LogP contribution in [0.2, 0.25) is 0 Å². The second kappa shape index (κ2) is 9.47. The fourth-order valence-electron chi connectivity index (χ4n) is 4.44. The van der Waals surface area contributed by atoms with E-state index in [1.807, 2.05) is 56.3 Å². The van der Waals surface area contributed by atoms with Gasteiger partial charge in [0.2, 0.25) is 5.91 Å². The highest BCUT2D eigenvalue weighted by Crippen LogP contribution is 2.27. The van der Waals surface area contributed by atoms with Gasteiger partial charge in [0.05, 0.1) is 0 Å². The number of rotatable bonds is 6. The molecule has 2 aromatic carbocycles. The van der Waals surface area contributed by atoms with E-state index in [2.05, 4.69) is 39.5 Å². The molecule has 6 heteroatoms. The van der Waals surface area contributed by atoms with E-state index >= 15 is 0 Å². The van der Waals surface area contributed by atoms with E-state index in [1.54, 1.807) is 0 Å². The Morgan fingerprint density at radius 2 is 1.78 bits per heavy atom. The summed E-state index contributed by atoms with van der Waals surface area (Å²) in [5.41, 5.74) is 3.85. The van der Waals surface area contributed by atoms with Gasteiger partial charge in [0.25, 0.3) is 5.91 Å². The highest BCUT2D eigenvalue weighted by atomic mass is 16.2. The third kappa shape index (κ3) is 4.79. The van der Waals surface area contributed by atoms with Crippen LogP contribution in [-0.2, 0) is 11.3 Å². The second-order valence-electron chi connectivity index (χ2n) is 8.97. The summed E-state index contributed by atoms with van der Waals surface area (Å²) < 4.78 is 0. The van der Waals surface area contributed by atoms with Gasteiger partial charge < -0.3 is 20.1 Å². The molecule has 1 aliphatic heterocycles. The van der Waals surface area contributed by atoms with Gasteiger partial charge in [-0.3, -0.25) is 9.59 Å². The molecule has 2 N–H and O–H groups in total. The number of nitrogens with one attached hydrogen (secondary N) is 2. The minimum absolute atomic E-state index is 0.0397. The maximum Gasteiger partial charge on any atom is 0.270 e. The van der Waals surface area contributed by atoms with Gasteiger partial charge in [0, 0.05) is 56.2 Å². The number of carbonyl (C=O) groups excluding carboxylic acids is 2. The van der Waals surface area contributed by atoms with Crippen molar-refractivity contribution in [1.29, 1.82) is 0 Å². The van der Waals surface area contributed by atoms with Crippen LogP contribution < -0.4 is 10.2 Å². The number of aromatic amines is 1. The quantitative estimate of drug-likeness (QED) is 0.618. The molecule has 1 fully saturated rings. The summed E-state index contributed by atoms with van der Waals surface area (Å²) in [6.07, 6.45) is 1.69. The molecule has 32 heavy (non-hydrogen) atoms. The number of hydrogen-bond acceptors (Lipinski definition) is 3. The lowest BCUT2D eigenvalue weighted by molar-refractivity contribution is -0.126. The molecule has 1 aromatic heterocycles. The molecule has 2 heterocycles. The first-order valence-electron chi connectivity index (χ1n) is 11.3. The Balaban J connectivity index is 1.27. The van der Waals surface area contributed by atoms with Crippen LogP contribution in [0.1, 0.15) is 35.8 Å². The Morgan fingerprint density at radius 3 is 2.44 bits per heavy atom. The summed E-state index contributed by atoms with van der Waals surface area (Å²) in [5, 5.41) is 4.13. The number of hydrogen-bond donors (Lipinski definition) is 2. The van der Waals surface area contributed by atoms with E-state index in [0.29, 0.717) is 25.3 Å². The standard InChI is InChI=1S/C26H32N4O2/c1-18(25(31)27-17-19-8-10-22(11-9-19)29(2)3)20-12-14-30(15-13-20)26(32)24-16-21-6-4-5-7-23(21)28-24/h4-11,16,18,20,28H,12-15,17H2,1-3H3,(H,27,31)/t18-/m0/s1. The Morgan fingerprint density at radius 1 is 1.09 bits per heavy atom. The monoisotopic (exact) mass is 432 g/mol. The third-order valence-corrected chi connectivity index (χ3v) is 6.63. The average molecular weight is 433 g/mol. The molecule has 2 amide bonds. The predicted molar refractivity (Wildman–Crippen MR) is 129 cm³/mol. The Kier molecular flexibility index (Phi) is 6.49. The van der Waals surface area contributed by atoms with Gasteiger partial charge >= 0.3 is 0 Å². The molecule has 6 nitrogen and oxygen atoms in total. The van der Waals surface area contributed by atoms with Crippen molar-refractivity contribution in [2.75, 3.05) is 32.1 Å². The fraction of sp³-hybridized carbons (Fsp3) is 0.385. The number of fused-ring (bicyclic) bond motifs is 1. The lowest BCUT2D eigenvalue weighted by Gasteiger charge is -2.34. The van der Waals surface area contributed by atoms with Gasteiger partial charge in [-0.15, -0.1) is 0 Å². The Hall–Kier alpha value is -3.28. The zero-order valence-corrected chi connectivity index (χ0v) is 19.1. The topological polar surface area (TPSA) is 68.4 Å². The lowest BCUT2D eigenvalue weighted by atomic mass is 9.84. The zero-order valence-electron chi connectivity index (χ0n) is 19.1. The van der Waals surface area contributed by atoms with Gasteiger partial charge in [-0.1, -0.05) is 37.3 Å². The molecular formula is C26H32N4O2. The summed E-state index contributed by atoms with van der Waals surface area (Å²) in [6, 6.07) is 18.1. The number of aromatic nitrogens is 1. The van der Waals surface area contributed by atoms with Crippen molar-refractivity contribution in [3.05, 3.63) is 65.9 Å². The van der Waals surface area contributed by atoms with Crippen molar-refractivity contribution in [1.82, 2.24) is 15.2 Å². The minimum atomic E-state index is -0.0682. The molecule has 1 aliphatic rings. The third-order valence-electron chi connectivity index (χ3n) is 6.63. The summed E-state index contributed by atoms with van der Waals surface area (Å²) >= 11 is 0. The first-order valence-corrected chi connectivity index (χ1v) is 11.3. The van der Waals surface area contributed by atoms with Gasteiger partial charge in [0.1, 0.15) is 5.69 Å².